The summed E-state index contributed by atoms with van der Waals surface area (Å²) in [6.45, 7) is 4.78. The van der Waals surface area contributed by atoms with Gasteiger partial charge in [0.15, 0.2) is 0 Å². The average Bonchev–Trinajstić information content (AvgIpc) is 2.26. The maximum Gasteiger partial charge on any atom is 0.146 e. The molecule has 1 rings (SSSR count). The SMILES string of the molecule is CC/C=C(\CNC)Cc1cc(C)cc(F)c1N. The summed E-state index contributed by atoms with van der Waals surface area (Å²) in [4.78, 5) is 0. The molecule has 0 unspecified atom stereocenters. The predicted molar refractivity (Wildman–Crippen MR) is 71.6 cm³/mol. The van der Waals surface area contributed by atoms with Gasteiger partial charge < -0.3 is 11.1 Å². The fourth-order valence-corrected chi connectivity index (χ4v) is 1.94. The minimum Gasteiger partial charge on any atom is -0.396 e. The summed E-state index contributed by atoms with van der Waals surface area (Å²) in [5.41, 5.74) is 9.07. The molecule has 0 aliphatic rings. The molecule has 0 aliphatic carbocycles. The van der Waals surface area contributed by atoms with E-state index in [0.29, 0.717) is 6.42 Å². The number of nitrogens with two attached hydrogens (primary N) is 1. The second-order valence-corrected chi connectivity index (χ2v) is 4.30. The van der Waals surface area contributed by atoms with Gasteiger partial charge in [0.1, 0.15) is 5.82 Å². The Morgan fingerprint density at radius 2 is 2.18 bits per heavy atom. The van der Waals surface area contributed by atoms with Gasteiger partial charge in [-0.05, 0) is 44.0 Å². The molecular weight excluding hydrogens is 215 g/mol. The van der Waals surface area contributed by atoms with E-state index in [0.717, 1.165) is 24.1 Å². The van der Waals surface area contributed by atoms with Crippen LogP contribution in [0.5, 0.6) is 0 Å². The third kappa shape index (κ3) is 3.86. The fraction of sp³-hybridized carbons (Fsp3) is 0.429. The standard InChI is InChI=1S/C14H21FN2/c1-4-5-11(9-17-3)8-12-6-10(2)7-13(15)14(12)16/h5-7,17H,4,8-9,16H2,1-3H3/b11-5-. The molecule has 0 spiro atoms. The van der Waals surface area contributed by atoms with Crippen LogP contribution in [0.3, 0.4) is 0 Å². The lowest BCUT2D eigenvalue weighted by Gasteiger charge is -2.11. The molecule has 0 fully saturated rings. The van der Waals surface area contributed by atoms with Gasteiger partial charge in [-0.2, -0.15) is 0 Å². The van der Waals surface area contributed by atoms with E-state index >= 15 is 0 Å². The second-order valence-electron chi connectivity index (χ2n) is 4.30. The third-order valence-corrected chi connectivity index (χ3v) is 2.67. The predicted octanol–water partition coefficient (Wildman–Crippen LogP) is 2.81. The quantitative estimate of drug-likeness (QED) is 0.609. The number of likely N-dealkylation sites (N-methyl/N-ethyl adjacent to an activating group) is 1. The first kappa shape index (κ1) is 13.7. The van der Waals surface area contributed by atoms with E-state index in [1.807, 2.05) is 20.0 Å². The fourth-order valence-electron chi connectivity index (χ4n) is 1.94. The molecule has 0 aromatic heterocycles. The third-order valence-electron chi connectivity index (χ3n) is 2.67. The number of anilines is 1. The number of allylic oxidation sites excluding steroid dienone is 1. The molecule has 2 nitrogen and oxygen atoms in total. The van der Waals surface area contributed by atoms with Crippen molar-refractivity contribution in [2.75, 3.05) is 19.3 Å². The summed E-state index contributed by atoms with van der Waals surface area (Å²) in [7, 11) is 1.91. The van der Waals surface area contributed by atoms with Gasteiger partial charge in [0.05, 0.1) is 5.69 Å². The van der Waals surface area contributed by atoms with Crippen molar-refractivity contribution in [2.45, 2.75) is 26.7 Å². The highest BCUT2D eigenvalue weighted by molar-refractivity contribution is 5.51. The van der Waals surface area contributed by atoms with Crippen molar-refractivity contribution in [3.8, 4) is 0 Å². The summed E-state index contributed by atoms with van der Waals surface area (Å²) in [5.74, 6) is -0.319. The Morgan fingerprint density at radius 3 is 2.76 bits per heavy atom. The van der Waals surface area contributed by atoms with E-state index in [2.05, 4.69) is 18.3 Å². The molecule has 0 atom stereocenters. The van der Waals surface area contributed by atoms with E-state index in [1.165, 1.54) is 11.6 Å². The van der Waals surface area contributed by atoms with Gasteiger partial charge in [-0.1, -0.05) is 24.6 Å². The van der Waals surface area contributed by atoms with Crippen molar-refractivity contribution < 1.29 is 4.39 Å². The van der Waals surface area contributed by atoms with Gasteiger partial charge in [-0.3, -0.25) is 0 Å². The Hall–Kier alpha value is -1.35. The highest BCUT2D eigenvalue weighted by Crippen LogP contribution is 2.21. The van der Waals surface area contributed by atoms with Crippen LogP contribution in [0, 0.1) is 12.7 Å². The van der Waals surface area contributed by atoms with Gasteiger partial charge in [0.25, 0.3) is 0 Å². The minimum absolute atomic E-state index is 0.272. The van der Waals surface area contributed by atoms with Crippen LogP contribution < -0.4 is 11.1 Å². The second kappa shape index (κ2) is 6.40. The zero-order valence-electron chi connectivity index (χ0n) is 10.8. The average molecular weight is 236 g/mol. The molecule has 0 saturated carbocycles. The molecule has 0 amide bonds. The van der Waals surface area contributed by atoms with Crippen LogP contribution in [-0.2, 0) is 6.42 Å². The number of halogens is 1. The van der Waals surface area contributed by atoms with Crippen molar-refractivity contribution >= 4 is 5.69 Å². The number of hydrogen-bond acceptors (Lipinski definition) is 2. The topological polar surface area (TPSA) is 38.0 Å². The summed E-state index contributed by atoms with van der Waals surface area (Å²) < 4.78 is 13.5. The van der Waals surface area contributed by atoms with Gasteiger partial charge in [0, 0.05) is 6.54 Å². The van der Waals surface area contributed by atoms with Gasteiger partial charge in [-0.25, -0.2) is 4.39 Å². The van der Waals surface area contributed by atoms with Crippen molar-refractivity contribution in [3.05, 3.63) is 40.7 Å². The Morgan fingerprint density at radius 1 is 1.47 bits per heavy atom. The molecule has 3 heteroatoms. The lowest BCUT2D eigenvalue weighted by molar-refractivity contribution is 0.629. The van der Waals surface area contributed by atoms with Gasteiger partial charge in [0.2, 0.25) is 0 Å². The Kier molecular flexibility index (Phi) is 5.16. The van der Waals surface area contributed by atoms with E-state index < -0.39 is 0 Å². The molecule has 0 aliphatic heterocycles. The van der Waals surface area contributed by atoms with Crippen molar-refractivity contribution in [2.24, 2.45) is 0 Å². The molecule has 94 valence electrons. The summed E-state index contributed by atoms with van der Waals surface area (Å²) in [6, 6.07) is 3.43. The highest BCUT2D eigenvalue weighted by Gasteiger charge is 2.08. The highest BCUT2D eigenvalue weighted by atomic mass is 19.1. The first-order valence-electron chi connectivity index (χ1n) is 5.95. The van der Waals surface area contributed by atoms with Crippen LogP contribution >= 0.6 is 0 Å². The lowest BCUT2D eigenvalue weighted by atomic mass is 10.0. The zero-order chi connectivity index (χ0) is 12.8. The van der Waals surface area contributed by atoms with E-state index in [4.69, 9.17) is 5.73 Å². The molecule has 0 heterocycles. The molecule has 0 bridgehead atoms. The molecule has 0 saturated heterocycles. The van der Waals surface area contributed by atoms with E-state index in [1.54, 1.807) is 0 Å². The lowest BCUT2D eigenvalue weighted by Crippen LogP contribution is -2.13. The monoisotopic (exact) mass is 236 g/mol. The molecule has 1 aromatic rings. The number of aryl methyl sites for hydroxylation is 1. The minimum atomic E-state index is -0.319. The van der Waals surface area contributed by atoms with Gasteiger partial charge >= 0.3 is 0 Å². The largest absolute Gasteiger partial charge is 0.396 e. The molecule has 3 N–H and O–H groups in total. The normalized spacial score (nSPS) is 11.9. The Balaban J connectivity index is 2.96. The van der Waals surface area contributed by atoms with Crippen LogP contribution in [0.1, 0.15) is 24.5 Å². The van der Waals surface area contributed by atoms with Crippen LogP contribution in [-0.4, -0.2) is 13.6 Å². The van der Waals surface area contributed by atoms with E-state index in [-0.39, 0.29) is 11.5 Å². The van der Waals surface area contributed by atoms with Crippen molar-refractivity contribution in [1.82, 2.24) is 5.32 Å². The Labute approximate surface area is 103 Å². The maximum atomic E-state index is 13.5. The van der Waals surface area contributed by atoms with Crippen molar-refractivity contribution in [1.29, 1.82) is 0 Å². The summed E-state index contributed by atoms with van der Waals surface area (Å²) in [6.07, 6.45) is 3.85. The molecule has 1 aromatic carbocycles. The number of hydrogen-bond donors (Lipinski definition) is 2. The van der Waals surface area contributed by atoms with Crippen LogP contribution in [0.15, 0.2) is 23.8 Å². The first-order valence-corrected chi connectivity index (χ1v) is 5.95. The first-order chi connectivity index (χ1) is 8.08. The van der Waals surface area contributed by atoms with Gasteiger partial charge in [-0.15, -0.1) is 0 Å². The molecular formula is C14H21FN2. The maximum absolute atomic E-state index is 13.5. The number of rotatable bonds is 5. The summed E-state index contributed by atoms with van der Waals surface area (Å²) in [5, 5.41) is 3.12. The van der Waals surface area contributed by atoms with E-state index in [9.17, 15) is 4.39 Å². The van der Waals surface area contributed by atoms with Crippen LogP contribution in [0.2, 0.25) is 0 Å². The number of nitrogens with one attached hydrogen (secondary N) is 1. The summed E-state index contributed by atoms with van der Waals surface area (Å²) >= 11 is 0. The van der Waals surface area contributed by atoms with Crippen LogP contribution in [0.25, 0.3) is 0 Å². The zero-order valence-corrected chi connectivity index (χ0v) is 10.8. The number of benzene rings is 1. The number of nitrogen functional groups attached to an aromatic ring is 1. The Bertz CT molecular complexity index is 411. The van der Waals surface area contributed by atoms with Crippen LogP contribution in [0.4, 0.5) is 10.1 Å². The van der Waals surface area contributed by atoms with Crippen molar-refractivity contribution in [3.63, 3.8) is 0 Å². The smallest absolute Gasteiger partial charge is 0.146 e. The molecule has 17 heavy (non-hydrogen) atoms. The molecule has 0 radical (unpaired) electrons.